The van der Waals surface area contributed by atoms with Gasteiger partial charge < -0.3 is 13.9 Å². The molecule has 0 N–H and O–H groups in total. The standard InChI is InChI=1S/C23H24N2O5S2/c1-28-22(27)17-5-3-16(4-6-17)19-8-7-18(30-19)15-20-21(26)25(23(31)32-20)10-2-9-24-11-13-29-14-12-24/h3-8,15H,2,9-14H2,1H3/b20-15-. The van der Waals surface area contributed by atoms with Gasteiger partial charge in [-0.15, -0.1) is 0 Å². The summed E-state index contributed by atoms with van der Waals surface area (Å²) >= 11 is 6.73. The Morgan fingerprint density at radius 1 is 1.16 bits per heavy atom. The summed E-state index contributed by atoms with van der Waals surface area (Å²) in [5.74, 6) is 0.755. The van der Waals surface area contributed by atoms with Crippen molar-refractivity contribution in [3.05, 3.63) is 52.6 Å². The predicted molar refractivity (Wildman–Crippen MR) is 127 cm³/mol. The van der Waals surface area contributed by atoms with Crippen LogP contribution in [0.4, 0.5) is 0 Å². The van der Waals surface area contributed by atoms with Crippen LogP contribution in [0.1, 0.15) is 22.5 Å². The average molecular weight is 473 g/mol. The average Bonchev–Trinajstić information content (AvgIpc) is 3.39. The maximum Gasteiger partial charge on any atom is 0.337 e. The number of esters is 1. The van der Waals surface area contributed by atoms with Crippen LogP contribution >= 0.6 is 24.0 Å². The van der Waals surface area contributed by atoms with Crippen LogP contribution in [0.25, 0.3) is 17.4 Å². The van der Waals surface area contributed by atoms with Gasteiger partial charge in [0.25, 0.3) is 5.91 Å². The van der Waals surface area contributed by atoms with Crippen LogP contribution in [-0.2, 0) is 14.3 Å². The number of rotatable bonds is 7. The summed E-state index contributed by atoms with van der Waals surface area (Å²) in [5.41, 5.74) is 1.30. The Labute approximate surface area is 196 Å². The van der Waals surface area contributed by atoms with Gasteiger partial charge in [-0.2, -0.15) is 0 Å². The van der Waals surface area contributed by atoms with E-state index in [-0.39, 0.29) is 11.9 Å². The summed E-state index contributed by atoms with van der Waals surface area (Å²) < 4.78 is 16.6. The summed E-state index contributed by atoms with van der Waals surface area (Å²) in [6.07, 6.45) is 2.60. The van der Waals surface area contributed by atoms with Crippen LogP contribution < -0.4 is 0 Å². The second-order valence-corrected chi connectivity index (χ2v) is 9.09. The minimum Gasteiger partial charge on any atom is -0.465 e. The van der Waals surface area contributed by atoms with Crippen molar-refractivity contribution in [2.24, 2.45) is 0 Å². The van der Waals surface area contributed by atoms with Gasteiger partial charge in [0.1, 0.15) is 15.8 Å². The molecule has 0 radical (unpaired) electrons. The van der Waals surface area contributed by atoms with Crippen LogP contribution in [0.2, 0.25) is 0 Å². The molecular formula is C23H24N2O5S2. The van der Waals surface area contributed by atoms with E-state index >= 15 is 0 Å². The van der Waals surface area contributed by atoms with Gasteiger partial charge in [0, 0.05) is 37.8 Å². The predicted octanol–water partition coefficient (Wildman–Crippen LogP) is 3.66. The Balaban J connectivity index is 1.37. The monoisotopic (exact) mass is 472 g/mol. The molecule has 9 heteroatoms. The van der Waals surface area contributed by atoms with E-state index in [1.165, 1.54) is 18.9 Å². The van der Waals surface area contributed by atoms with Gasteiger partial charge in [0.2, 0.25) is 0 Å². The van der Waals surface area contributed by atoms with Crippen LogP contribution in [0.15, 0.2) is 45.7 Å². The molecule has 0 saturated carbocycles. The Morgan fingerprint density at radius 3 is 2.62 bits per heavy atom. The Morgan fingerprint density at radius 2 is 1.91 bits per heavy atom. The van der Waals surface area contributed by atoms with Gasteiger partial charge in [-0.05, 0) is 30.7 Å². The Kier molecular flexibility index (Phi) is 7.41. The molecule has 1 aromatic carbocycles. The number of benzene rings is 1. The highest BCUT2D eigenvalue weighted by molar-refractivity contribution is 8.26. The number of carbonyl (C=O) groups excluding carboxylic acids is 2. The number of amides is 1. The molecule has 2 aliphatic rings. The molecule has 2 fully saturated rings. The van der Waals surface area contributed by atoms with E-state index in [1.807, 2.05) is 12.1 Å². The van der Waals surface area contributed by atoms with Crippen molar-refractivity contribution in [3.63, 3.8) is 0 Å². The Bertz CT molecular complexity index is 1030. The van der Waals surface area contributed by atoms with Gasteiger partial charge >= 0.3 is 5.97 Å². The molecule has 0 unspecified atom stereocenters. The van der Waals surface area contributed by atoms with Crippen molar-refractivity contribution in [2.75, 3.05) is 46.5 Å². The number of morpholine rings is 1. The molecule has 0 atom stereocenters. The molecule has 2 aromatic rings. The molecular weight excluding hydrogens is 448 g/mol. The van der Waals surface area contributed by atoms with E-state index in [0.29, 0.717) is 32.9 Å². The number of methoxy groups -OCH3 is 1. The number of thiocarbonyl (C=S) groups is 1. The normalized spacial score (nSPS) is 18.5. The number of furan rings is 1. The molecule has 1 amide bonds. The molecule has 32 heavy (non-hydrogen) atoms. The molecule has 2 saturated heterocycles. The molecule has 0 spiro atoms. The summed E-state index contributed by atoms with van der Waals surface area (Å²) in [6, 6.07) is 10.6. The van der Waals surface area contributed by atoms with Crippen molar-refractivity contribution >= 4 is 46.3 Å². The lowest BCUT2D eigenvalue weighted by Gasteiger charge is -2.27. The van der Waals surface area contributed by atoms with E-state index in [4.69, 9.17) is 26.1 Å². The lowest BCUT2D eigenvalue weighted by Crippen LogP contribution is -2.38. The van der Waals surface area contributed by atoms with Crippen molar-refractivity contribution in [1.82, 2.24) is 9.80 Å². The minimum atomic E-state index is -0.386. The number of carbonyl (C=O) groups is 2. The maximum atomic E-state index is 12.8. The molecule has 3 heterocycles. The number of hydrogen-bond donors (Lipinski definition) is 0. The first-order valence-corrected chi connectivity index (χ1v) is 11.6. The first-order valence-electron chi connectivity index (χ1n) is 10.4. The van der Waals surface area contributed by atoms with Crippen LogP contribution in [-0.4, -0.2) is 72.5 Å². The third-order valence-electron chi connectivity index (χ3n) is 5.32. The van der Waals surface area contributed by atoms with E-state index in [1.54, 1.807) is 35.2 Å². The quantitative estimate of drug-likeness (QED) is 0.344. The van der Waals surface area contributed by atoms with E-state index in [2.05, 4.69) is 4.90 Å². The number of thioether (sulfide) groups is 1. The van der Waals surface area contributed by atoms with Crippen molar-refractivity contribution < 1.29 is 23.5 Å². The maximum absolute atomic E-state index is 12.8. The van der Waals surface area contributed by atoms with Gasteiger partial charge in [0.15, 0.2) is 0 Å². The highest BCUT2D eigenvalue weighted by Gasteiger charge is 2.32. The van der Waals surface area contributed by atoms with Gasteiger partial charge in [-0.25, -0.2) is 4.79 Å². The van der Waals surface area contributed by atoms with E-state index < -0.39 is 0 Å². The van der Waals surface area contributed by atoms with Crippen molar-refractivity contribution in [2.45, 2.75) is 6.42 Å². The zero-order chi connectivity index (χ0) is 22.5. The molecule has 168 valence electrons. The van der Waals surface area contributed by atoms with Crippen molar-refractivity contribution in [3.8, 4) is 11.3 Å². The topological polar surface area (TPSA) is 72.2 Å². The van der Waals surface area contributed by atoms with Crippen LogP contribution in [0.5, 0.6) is 0 Å². The molecule has 1 aromatic heterocycles. The summed E-state index contributed by atoms with van der Waals surface area (Å²) in [6.45, 7) is 4.94. The number of ether oxygens (including phenoxy) is 2. The fraction of sp³-hybridized carbons (Fsp3) is 0.348. The van der Waals surface area contributed by atoms with E-state index in [0.717, 1.165) is 44.8 Å². The summed E-state index contributed by atoms with van der Waals surface area (Å²) in [7, 11) is 1.35. The fourth-order valence-corrected chi connectivity index (χ4v) is 4.86. The second-order valence-electron chi connectivity index (χ2n) is 7.41. The Hall–Kier alpha value is -2.46. The van der Waals surface area contributed by atoms with Gasteiger partial charge in [-0.1, -0.05) is 36.1 Å². The SMILES string of the molecule is COC(=O)c1ccc(-c2ccc(/C=C3\SC(=S)N(CCCN4CCOCC4)C3=O)o2)cc1. The van der Waals surface area contributed by atoms with Crippen LogP contribution in [0.3, 0.4) is 0 Å². The highest BCUT2D eigenvalue weighted by Crippen LogP contribution is 2.33. The zero-order valence-corrected chi connectivity index (χ0v) is 19.4. The third-order valence-corrected chi connectivity index (χ3v) is 6.70. The van der Waals surface area contributed by atoms with Crippen LogP contribution in [0, 0.1) is 0 Å². The zero-order valence-electron chi connectivity index (χ0n) is 17.7. The smallest absolute Gasteiger partial charge is 0.337 e. The molecule has 0 aliphatic carbocycles. The third kappa shape index (κ3) is 5.29. The van der Waals surface area contributed by atoms with Gasteiger partial charge in [0.05, 0.1) is 30.8 Å². The molecule has 0 bridgehead atoms. The lowest BCUT2D eigenvalue weighted by molar-refractivity contribution is -0.122. The van der Waals surface area contributed by atoms with E-state index in [9.17, 15) is 9.59 Å². The fourth-order valence-electron chi connectivity index (χ4n) is 3.57. The van der Waals surface area contributed by atoms with Crippen molar-refractivity contribution in [1.29, 1.82) is 0 Å². The molecule has 2 aliphatic heterocycles. The first-order chi connectivity index (χ1) is 15.5. The highest BCUT2D eigenvalue weighted by atomic mass is 32.2. The minimum absolute atomic E-state index is 0.0811. The summed E-state index contributed by atoms with van der Waals surface area (Å²) in [5, 5.41) is 0. The number of nitrogens with zero attached hydrogens (tertiary/aromatic N) is 2. The first kappa shape index (κ1) is 22.7. The summed E-state index contributed by atoms with van der Waals surface area (Å²) in [4.78, 5) is 29.0. The second kappa shape index (κ2) is 10.4. The lowest BCUT2D eigenvalue weighted by atomic mass is 10.1. The largest absolute Gasteiger partial charge is 0.465 e. The van der Waals surface area contributed by atoms with Gasteiger partial charge in [-0.3, -0.25) is 14.6 Å². The molecule has 4 rings (SSSR count). The molecule has 7 nitrogen and oxygen atoms in total. The number of hydrogen-bond acceptors (Lipinski definition) is 8.